The number of nitrogens with two attached hydrogens (primary N) is 1. The third kappa shape index (κ3) is 2.48. The standard InChI is InChI=1S/C14H20N2O2/c1-3-18-12-6-4-11(5-7-12)14(17)16-9-8-13(15)10(16)2/h4-7,10,13H,3,8-9,15H2,1-2H3. The lowest BCUT2D eigenvalue weighted by molar-refractivity contribution is 0.0742. The van der Waals surface area contributed by atoms with Gasteiger partial charge in [-0.1, -0.05) is 0 Å². The molecule has 1 amide bonds. The second-order valence-corrected chi connectivity index (χ2v) is 4.65. The minimum absolute atomic E-state index is 0.0542. The van der Waals surface area contributed by atoms with Gasteiger partial charge in [0.1, 0.15) is 5.75 Å². The van der Waals surface area contributed by atoms with Gasteiger partial charge in [0.25, 0.3) is 5.91 Å². The van der Waals surface area contributed by atoms with Crippen LogP contribution in [0.2, 0.25) is 0 Å². The van der Waals surface area contributed by atoms with Gasteiger partial charge in [0.2, 0.25) is 0 Å². The van der Waals surface area contributed by atoms with Crippen LogP contribution >= 0.6 is 0 Å². The third-order valence-corrected chi connectivity index (χ3v) is 3.49. The summed E-state index contributed by atoms with van der Waals surface area (Å²) >= 11 is 0. The highest BCUT2D eigenvalue weighted by Crippen LogP contribution is 2.20. The molecule has 0 aromatic heterocycles. The van der Waals surface area contributed by atoms with Crippen molar-refractivity contribution in [2.24, 2.45) is 5.73 Å². The van der Waals surface area contributed by atoms with Crippen molar-refractivity contribution < 1.29 is 9.53 Å². The first-order chi connectivity index (χ1) is 8.63. The zero-order chi connectivity index (χ0) is 13.1. The topological polar surface area (TPSA) is 55.6 Å². The van der Waals surface area contributed by atoms with E-state index in [1.807, 2.05) is 43.0 Å². The largest absolute Gasteiger partial charge is 0.494 e. The molecule has 4 heteroatoms. The zero-order valence-corrected chi connectivity index (χ0v) is 10.9. The summed E-state index contributed by atoms with van der Waals surface area (Å²) in [6, 6.07) is 7.49. The normalized spacial score (nSPS) is 23.2. The first-order valence-electron chi connectivity index (χ1n) is 6.43. The third-order valence-electron chi connectivity index (χ3n) is 3.49. The highest BCUT2D eigenvalue weighted by molar-refractivity contribution is 5.94. The predicted octanol–water partition coefficient (Wildman–Crippen LogP) is 1.65. The number of carbonyl (C=O) groups excluding carboxylic acids is 1. The lowest BCUT2D eigenvalue weighted by atomic mass is 10.1. The quantitative estimate of drug-likeness (QED) is 0.885. The van der Waals surface area contributed by atoms with E-state index in [1.165, 1.54) is 0 Å². The molecule has 1 aromatic rings. The Kier molecular flexibility index (Phi) is 3.87. The van der Waals surface area contributed by atoms with Crippen LogP contribution in [0, 0.1) is 0 Å². The van der Waals surface area contributed by atoms with E-state index < -0.39 is 0 Å². The van der Waals surface area contributed by atoms with E-state index in [-0.39, 0.29) is 18.0 Å². The highest BCUT2D eigenvalue weighted by Gasteiger charge is 2.31. The van der Waals surface area contributed by atoms with Crippen molar-refractivity contribution in [3.8, 4) is 5.75 Å². The molecule has 98 valence electrons. The SMILES string of the molecule is CCOc1ccc(C(=O)N2CCC(N)C2C)cc1. The Morgan fingerprint density at radius 1 is 1.44 bits per heavy atom. The molecule has 1 aliphatic heterocycles. The Balaban J connectivity index is 2.09. The molecule has 0 radical (unpaired) electrons. The molecule has 2 atom stereocenters. The summed E-state index contributed by atoms with van der Waals surface area (Å²) in [6.07, 6.45) is 0.879. The van der Waals surface area contributed by atoms with Crippen LogP contribution in [-0.4, -0.2) is 36.0 Å². The summed E-state index contributed by atoms with van der Waals surface area (Å²) in [7, 11) is 0. The van der Waals surface area contributed by atoms with Gasteiger partial charge in [0.15, 0.2) is 0 Å². The molecule has 2 N–H and O–H groups in total. The molecule has 2 rings (SSSR count). The molecule has 0 saturated carbocycles. The average Bonchev–Trinajstić information content (AvgIpc) is 2.71. The fraction of sp³-hybridized carbons (Fsp3) is 0.500. The van der Waals surface area contributed by atoms with E-state index >= 15 is 0 Å². The minimum Gasteiger partial charge on any atom is -0.494 e. The highest BCUT2D eigenvalue weighted by atomic mass is 16.5. The molecular formula is C14H20N2O2. The van der Waals surface area contributed by atoms with Crippen LogP contribution in [0.15, 0.2) is 24.3 Å². The fourth-order valence-corrected chi connectivity index (χ4v) is 2.28. The van der Waals surface area contributed by atoms with Crippen molar-refractivity contribution in [1.29, 1.82) is 0 Å². The smallest absolute Gasteiger partial charge is 0.254 e. The van der Waals surface area contributed by atoms with Crippen LogP contribution in [-0.2, 0) is 0 Å². The first kappa shape index (κ1) is 12.9. The second kappa shape index (κ2) is 5.40. The van der Waals surface area contributed by atoms with Crippen molar-refractivity contribution in [2.45, 2.75) is 32.4 Å². The van der Waals surface area contributed by atoms with Crippen molar-refractivity contribution >= 4 is 5.91 Å². The van der Waals surface area contributed by atoms with E-state index in [0.717, 1.165) is 18.7 Å². The monoisotopic (exact) mass is 248 g/mol. The molecule has 1 aliphatic rings. The Bertz CT molecular complexity index is 416. The van der Waals surface area contributed by atoms with Crippen LogP contribution in [0.1, 0.15) is 30.6 Å². The van der Waals surface area contributed by atoms with E-state index in [2.05, 4.69) is 0 Å². The van der Waals surface area contributed by atoms with E-state index in [0.29, 0.717) is 12.2 Å². The van der Waals surface area contributed by atoms with E-state index in [1.54, 1.807) is 0 Å². The van der Waals surface area contributed by atoms with Crippen molar-refractivity contribution in [3.63, 3.8) is 0 Å². The summed E-state index contributed by atoms with van der Waals surface area (Å²) < 4.78 is 5.36. The molecule has 0 spiro atoms. The van der Waals surface area contributed by atoms with E-state index in [9.17, 15) is 4.79 Å². The van der Waals surface area contributed by atoms with Crippen LogP contribution in [0.4, 0.5) is 0 Å². The lowest BCUT2D eigenvalue weighted by Gasteiger charge is -2.23. The van der Waals surface area contributed by atoms with Crippen LogP contribution in [0.5, 0.6) is 5.75 Å². The predicted molar refractivity (Wildman–Crippen MR) is 70.7 cm³/mol. The number of benzene rings is 1. The summed E-state index contributed by atoms with van der Waals surface area (Å²) in [5, 5.41) is 0. The molecule has 2 unspecified atom stereocenters. The van der Waals surface area contributed by atoms with Gasteiger partial charge in [0.05, 0.1) is 6.61 Å². The number of ether oxygens (including phenoxy) is 1. The van der Waals surface area contributed by atoms with Crippen molar-refractivity contribution in [1.82, 2.24) is 4.90 Å². The Morgan fingerprint density at radius 3 is 2.61 bits per heavy atom. The molecule has 1 saturated heterocycles. The zero-order valence-electron chi connectivity index (χ0n) is 10.9. The van der Waals surface area contributed by atoms with Gasteiger partial charge in [0, 0.05) is 24.2 Å². The maximum absolute atomic E-state index is 12.3. The number of amides is 1. The number of likely N-dealkylation sites (tertiary alicyclic amines) is 1. The van der Waals surface area contributed by atoms with Crippen LogP contribution in [0.3, 0.4) is 0 Å². The summed E-state index contributed by atoms with van der Waals surface area (Å²) in [4.78, 5) is 14.1. The first-order valence-corrected chi connectivity index (χ1v) is 6.43. The van der Waals surface area contributed by atoms with Gasteiger partial charge >= 0.3 is 0 Å². The van der Waals surface area contributed by atoms with Crippen LogP contribution < -0.4 is 10.5 Å². The summed E-state index contributed by atoms with van der Waals surface area (Å²) in [6.45, 7) is 5.32. The fourth-order valence-electron chi connectivity index (χ4n) is 2.28. The Hall–Kier alpha value is -1.55. The number of hydrogen-bond acceptors (Lipinski definition) is 3. The molecule has 1 heterocycles. The molecule has 1 aromatic carbocycles. The van der Waals surface area contributed by atoms with Gasteiger partial charge < -0.3 is 15.4 Å². The Labute approximate surface area is 108 Å². The minimum atomic E-state index is 0.0542. The number of nitrogens with zero attached hydrogens (tertiary/aromatic N) is 1. The molecule has 4 nitrogen and oxygen atoms in total. The van der Waals surface area contributed by atoms with Gasteiger partial charge in [-0.15, -0.1) is 0 Å². The molecule has 0 bridgehead atoms. The number of hydrogen-bond donors (Lipinski definition) is 1. The Morgan fingerprint density at radius 2 is 2.11 bits per heavy atom. The van der Waals surface area contributed by atoms with Crippen LogP contribution in [0.25, 0.3) is 0 Å². The maximum atomic E-state index is 12.3. The maximum Gasteiger partial charge on any atom is 0.254 e. The lowest BCUT2D eigenvalue weighted by Crippen LogP contribution is -2.40. The van der Waals surface area contributed by atoms with Gasteiger partial charge in [-0.3, -0.25) is 4.79 Å². The number of carbonyl (C=O) groups is 1. The van der Waals surface area contributed by atoms with Gasteiger partial charge in [-0.25, -0.2) is 0 Å². The van der Waals surface area contributed by atoms with Gasteiger partial charge in [-0.2, -0.15) is 0 Å². The molecule has 0 aliphatic carbocycles. The molecule has 18 heavy (non-hydrogen) atoms. The second-order valence-electron chi connectivity index (χ2n) is 4.65. The molecular weight excluding hydrogens is 228 g/mol. The van der Waals surface area contributed by atoms with Crippen molar-refractivity contribution in [2.75, 3.05) is 13.2 Å². The summed E-state index contributed by atoms with van der Waals surface area (Å²) in [5.74, 6) is 0.846. The van der Waals surface area contributed by atoms with Gasteiger partial charge in [-0.05, 0) is 44.5 Å². The van der Waals surface area contributed by atoms with Crippen molar-refractivity contribution in [3.05, 3.63) is 29.8 Å². The summed E-state index contributed by atoms with van der Waals surface area (Å²) in [5.41, 5.74) is 6.63. The molecule has 1 fully saturated rings. The number of rotatable bonds is 3. The average molecular weight is 248 g/mol. The van der Waals surface area contributed by atoms with E-state index in [4.69, 9.17) is 10.5 Å².